The summed E-state index contributed by atoms with van der Waals surface area (Å²) in [5.74, 6) is 0.309. The second-order valence-electron chi connectivity index (χ2n) is 6.92. The molecule has 0 fully saturated rings. The molecule has 0 radical (unpaired) electrons. The number of para-hydroxylation sites is 1. The minimum Gasteiger partial charge on any atom is -0.494 e. The number of benzene rings is 2. The van der Waals surface area contributed by atoms with Crippen molar-refractivity contribution < 1.29 is 14.3 Å². The molecule has 0 aliphatic carbocycles. The van der Waals surface area contributed by atoms with Crippen molar-refractivity contribution in [3.8, 4) is 5.75 Å². The predicted octanol–water partition coefficient (Wildman–Crippen LogP) is 3.64. The van der Waals surface area contributed by atoms with Gasteiger partial charge >= 0.3 is 0 Å². The van der Waals surface area contributed by atoms with Gasteiger partial charge in [-0.15, -0.1) is 0 Å². The van der Waals surface area contributed by atoms with E-state index in [2.05, 4.69) is 6.07 Å². The van der Waals surface area contributed by atoms with Crippen LogP contribution in [0.4, 0.5) is 5.69 Å². The highest BCUT2D eigenvalue weighted by atomic mass is 16.5. The number of fused-ring (bicyclic) bond motifs is 1. The average Bonchev–Trinajstić information content (AvgIpc) is 2.98. The number of likely N-dealkylation sites (N-methyl/N-ethyl adjacent to an activating group) is 1. The lowest BCUT2D eigenvalue weighted by atomic mass is 9.98. The molecule has 2 aromatic carbocycles. The maximum atomic E-state index is 13.2. The maximum absolute atomic E-state index is 13.2. The Morgan fingerprint density at radius 1 is 0.964 bits per heavy atom. The predicted molar refractivity (Wildman–Crippen MR) is 109 cm³/mol. The van der Waals surface area contributed by atoms with Gasteiger partial charge in [-0.3, -0.25) is 14.5 Å². The lowest BCUT2D eigenvalue weighted by Crippen LogP contribution is -2.37. The summed E-state index contributed by atoms with van der Waals surface area (Å²) in [6.45, 7) is 5.43. The molecule has 5 heteroatoms. The molecule has 144 valence electrons. The molecule has 0 bridgehead atoms. The second kappa shape index (κ2) is 7.50. The summed E-state index contributed by atoms with van der Waals surface area (Å²) in [4.78, 5) is 29.7. The lowest BCUT2D eigenvalue weighted by Gasteiger charge is -2.32. The third kappa shape index (κ3) is 2.97. The lowest BCUT2D eigenvalue weighted by molar-refractivity contribution is -0.136. The third-order valence-electron chi connectivity index (χ3n) is 5.29. The van der Waals surface area contributed by atoms with Crippen molar-refractivity contribution in [2.45, 2.75) is 26.7 Å². The van der Waals surface area contributed by atoms with E-state index < -0.39 is 0 Å². The highest BCUT2D eigenvalue weighted by Gasteiger charge is 2.41. The normalized spacial score (nSPS) is 16.6. The number of hydrogen-bond donors (Lipinski definition) is 0. The Balaban J connectivity index is 1.85. The van der Waals surface area contributed by atoms with Gasteiger partial charge in [0, 0.05) is 18.8 Å². The molecule has 2 amide bonds. The number of aryl methyl sites for hydroxylation is 1. The molecule has 2 heterocycles. The fourth-order valence-corrected chi connectivity index (χ4v) is 4.01. The molecule has 4 rings (SSSR count). The number of rotatable bonds is 5. The van der Waals surface area contributed by atoms with Crippen molar-refractivity contribution in [2.75, 3.05) is 24.6 Å². The zero-order valence-electron chi connectivity index (χ0n) is 16.3. The highest BCUT2D eigenvalue weighted by Crippen LogP contribution is 2.38. The molecular weight excluding hydrogens is 352 g/mol. The molecule has 0 spiro atoms. The summed E-state index contributed by atoms with van der Waals surface area (Å²) in [7, 11) is 0. The number of amides is 2. The molecule has 2 aromatic rings. The van der Waals surface area contributed by atoms with Crippen molar-refractivity contribution in [2.24, 2.45) is 0 Å². The van der Waals surface area contributed by atoms with Gasteiger partial charge in [0.25, 0.3) is 11.8 Å². The summed E-state index contributed by atoms with van der Waals surface area (Å²) in [5, 5.41) is 0. The first-order valence-electron chi connectivity index (χ1n) is 9.84. The minimum absolute atomic E-state index is 0.215. The van der Waals surface area contributed by atoms with E-state index in [9.17, 15) is 9.59 Å². The molecule has 0 saturated heterocycles. The van der Waals surface area contributed by atoms with Gasteiger partial charge in [0.2, 0.25) is 0 Å². The van der Waals surface area contributed by atoms with Crippen LogP contribution in [0.25, 0.3) is 5.57 Å². The Labute approximate surface area is 165 Å². The molecule has 0 atom stereocenters. The third-order valence-corrected chi connectivity index (χ3v) is 5.29. The number of carbonyl (C=O) groups excluding carboxylic acids is 2. The smallest absolute Gasteiger partial charge is 0.278 e. The summed E-state index contributed by atoms with van der Waals surface area (Å²) in [5.41, 5.74) is 3.94. The topological polar surface area (TPSA) is 49.9 Å². The van der Waals surface area contributed by atoms with Gasteiger partial charge in [-0.1, -0.05) is 30.3 Å². The molecule has 2 aliphatic heterocycles. The zero-order chi connectivity index (χ0) is 19.7. The van der Waals surface area contributed by atoms with E-state index in [1.807, 2.05) is 61.2 Å². The second-order valence-corrected chi connectivity index (χ2v) is 6.92. The first-order chi connectivity index (χ1) is 13.7. The monoisotopic (exact) mass is 376 g/mol. The quantitative estimate of drug-likeness (QED) is 0.748. The van der Waals surface area contributed by atoms with Crippen LogP contribution >= 0.6 is 0 Å². The molecule has 0 unspecified atom stereocenters. The van der Waals surface area contributed by atoms with Crippen LogP contribution in [-0.2, 0) is 16.0 Å². The Kier molecular flexibility index (Phi) is 4.90. The number of hydrogen-bond acceptors (Lipinski definition) is 4. The standard InChI is InChI=1S/C23H24N2O3/c1-3-24-22(26)20(17-11-13-18(14-12-17)28-4-2)21(23(24)27)25-15-7-9-16-8-5-6-10-19(16)25/h5-6,8,10-14H,3-4,7,9,15H2,1-2H3. The van der Waals surface area contributed by atoms with E-state index in [0.717, 1.165) is 36.4 Å². The molecule has 0 saturated carbocycles. The molecule has 0 aromatic heterocycles. The Hall–Kier alpha value is -3.08. The van der Waals surface area contributed by atoms with Gasteiger partial charge in [-0.05, 0) is 56.0 Å². The van der Waals surface area contributed by atoms with Crippen molar-refractivity contribution in [1.82, 2.24) is 4.90 Å². The maximum Gasteiger partial charge on any atom is 0.278 e. The van der Waals surface area contributed by atoms with Gasteiger partial charge in [-0.25, -0.2) is 0 Å². The van der Waals surface area contributed by atoms with E-state index in [-0.39, 0.29) is 11.8 Å². The minimum atomic E-state index is -0.227. The van der Waals surface area contributed by atoms with E-state index in [4.69, 9.17) is 4.74 Å². The largest absolute Gasteiger partial charge is 0.494 e. The fourth-order valence-electron chi connectivity index (χ4n) is 4.01. The van der Waals surface area contributed by atoms with Gasteiger partial charge in [-0.2, -0.15) is 0 Å². The Bertz CT molecular complexity index is 947. The van der Waals surface area contributed by atoms with Crippen LogP contribution in [0.2, 0.25) is 0 Å². The van der Waals surface area contributed by atoms with E-state index in [1.165, 1.54) is 10.5 Å². The number of ether oxygens (including phenoxy) is 1. The number of imide groups is 1. The summed E-state index contributed by atoms with van der Waals surface area (Å²) >= 11 is 0. The number of nitrogens with zero attached hydrogens (tertiary/aromatic N) is 2. The van der Waals surface area contributed by atoms with Crippen molar-refractivity contribution in [3.63, 3.8) is 0 Å². The molecule has 5 nitrogen and oxygen atoms in total. The molecule has 28 heavy (non-hydrogen) atoms. The summed E-state index contributed by atoms with van der Waals surface area (Å²) in [6, 6.07) is 15.5. The highest BCUT2D eigenvalue weighted by molar-refractivity contribution is 6.36. The van der Waals surface area contributed by atoms with E-state index in [1.54, 1.807) is 0 Å². The first kappa shape index (κ1) is 18.3. The van der Waals surface area contributed by atoms with Gasteiger partial charge in [0.1, 0.15) is 11.4 Å². The van der Waals surface area contributed by atoms with Crippen molar-refractivity contribution in [3.05, 3.63) is 65.4 Å². The molecular formula is C23H24N2O3. The van der Waals surface area contributed by atoms with Gasteiger partial charge < -0.3 is 9.64 Å². The SMILES string of the molecule is CCOc1ccc(C2=C(N3CCCc4ccccc43)C(=O)N(CC)C2=O)cc1. The van der Waals surface area contributed by atoms with Crippen molar-refractivity contribution in [1.29, 1.82) is 0 Å². The van der Waals surface area contributed by atoms with E-state index in [0.29, 0.717) is 24.4 Å². The fraction of sp³-hybridized carbons (Fsp3) is 0.304. The Morgan fingerprint density at radius 2 is 1.71 bits per heavy atom. The molecule has 2 aliphatic rings. The number of anilines is 1. The zero-order valence-corrected chi connectivity index (χ0v) is 16.3. The van der Waals surface area contributed by atoms with Crippen LogP contribution in [0.15, 0.2) is 54.2 Å². The first-order valence-corrected chi connectivity index (χ1v) is 9.84. The van der Waals surface area contributed by atoms with Crippen LogP contribution in [-0.4, -0.2) is 36.4 Å². The average molecular weight is 376 g/mol. The Morgan fingerprint density at radius 3 is 2.43 bits per heavy atom. The van der Waals surface area contributed by atoms with Crippen LogP contribution in [0.1, 0.15) is 31.4 Å². The molecule has 0 N–H and O–H groups in total. The van der Waals surface area contributed by atoms with Gasteiger partial charge in [0.15, 0.2) is 0 Å². The summed E-state index contributed by atoms with van der Waals surface area (Å²) in [6.07, 6.45) is 1.93. The number of carbonyl (C=O) groups is 2. The van der Waals surface area contributed by atoms with Gasteiger partial charge in [0.05, 0.1) is 12.2 Å². The van der Waals surface area contributed by atoms with E-state index >= 15 is 0 Å². The van der Waals surface area contributed by atoms with Crippen LogP contribution in [0.5, 0.6) is 5.75 Å². The van der Waals surface area contributed by atoms with Crippen LogP contribution < -0.4 is 9.64 Å². The van der Waals surface area contributed by atoms with Crippen LogP contribution in [0, 0.1) is 0 Å². The van der Waals surface area contributed by atoms with Crippen molar-refractivity contribution >= 4 is 23.1 Å². The summed E-state index contributed by atoms with van der Waals surface area (Å²) < 4.78 is 5.51. The van der Waals surface area contributed by atoms with Crippen LogP contribution in [0.3, 0.4) is 0 Å².